The Morgan fingerprint density at radius 1 is 1.47 bits per heavy atom. The van der Waals surface area contributed by atoms with Gasteiger partial charge in [0.1, 0.15) is 5.75 Å². The first kappa shape index (κ1) is 14.1. The highest BCUT2D eigenvalue weighted by atomic mass is 79.9. The smallest absolute Gasteiger partial charge is 0.133 e. The SMILES string of the molecule is CCC(N)c1cnn(Cc2ccc(OC)c(Br)c2)c1. The number of ether oxygens (including phenoxy) is 1. The molecule has 0 aliphatic heterocycles. The van der Waals surface area contributed by atoms with Crippen molar-refractivity contribution in [2.24, 2.45) is 5.73 Å². The highest BCUT2D eigenvalue weighted by molar-refractivity contribution is 9.10. The number of hydrogen-bond acceptors (Lipinski definition) is 3. The van der Waals surface area contributed by atoms with Crippen molar-refractivity contribution in [2.45, 2.75) is 25.9 Å². The molecular weight excluding hydrogens is 306 g/mol. The number of halogens is 1. The van der Waals surface area contributed by atoms with Crippen LogP contribution in [0, 0.1) is 0 Å². The number of rotatable bonds is 5. The molecule has 1 aromatic carbocycles. The Labute approximate surface area is 121 Å². The summed E-state index contributed by atoms with van der Waals surface area (Å²) in [5.74, 6) is 0.831. The van der Waals surface area contributed by atoms with E-state index in [0.29, 0.717) is 0 Å². The second-order valence-corrected chi connectivity index (χ2v) is 5.31. The lowest BCUT2D eigenvalue weighted by atomic mass is 10.1. The number of methoxy groups -OCH3 is 1. The van der Waals surface area contributed by atoms with Crippen LogP contribution in [0.15, 0.2) is 35.1 Å². The van der Waals surface area contributed by atoms with E-state index in [-0.39, 0.29) is 6.04 Å². The Hall–Kier alpha value is -1.33. The summed E-state index contributed by atoms with van der Waals surface area (Å²) in [5.41, 5.74) is 8.22. The molecule has 1 aromatic heterocycles. The average Bonchev–Trinajstić information content (AvgIpc) is 2.86. The predicted octanol–water partition coefficient (Wildman–Crippen LogP) is 3.11. The lowest BCUT2D eigenvalue weighted by molar-refractivity contribution is 0.412. The van der Waals surface area contributed by atoms with Gasteiger partial charge in [-0.2, -0.15) is 5.10 Å². The van der Waals surface area contributed by atoms with Crippen molar-refractivity contribution in [3.63, 3.8) is 0 Å². The fourth-order valence-corrected chi connectivity index (χ4v) is 2.48. The summed E-state index contributed by atoms with van der Waals surface area (Å²) in [7, 11) is 1.66. The van der Waals surface area contributed by atoms with Crippen LogP contribution in [-0.2, 0) is 6.54 Å². The molecule has 2 aromatic rings. The minimum absolute atomic E-state index is 0.0661. The van der Waals surface area contributed by atoms with Crippen LogP contribution in [-0.4, -0.2) is 16.9 Å². The molecule has 1 heterocycles. The molecule has 5 heteroatoms. The molecule has 0 fully saturated rings. The highest BCUT2D eigenvalue weighted by Gasteiger charge is 2.07. The second-order valence-electron chi connectivity index (χ2n) is 4.45. The van der Waals surface area contributed by atoms with Crippen LogP contribution in [0.25, 0.3) is 0 Å². The quantitative estimate of drug-likeness (QED) is 0.919. The van der Waals surface area contributed by atoms with E-state index in [1.54, 1.807) is 7.11 Å². The van der Waals surface area contributed by atoms with Crippen molar-refractivity contribution < 1.29 is 4.74 Å². The van der Waals surface area contributed by atoms with Crippen molar-refractivity contribution in [3.8, 4) is 5.75 Å². The van der Waals surface area contributed by atoms with E-state index in [9.17, 15) is 0 Å². The van der Waals surface area contributed by atoms with E-state index in [4.69, 9.17) is 10.5 Å². The predicted molar refractivity (Wildman–Crippen MR) is 79.2 cm³/mol. The molecule has 1 unspecified atom stereocenters. The van der Waals surface area contributed by atoms with Gasteiger partial charge in [0, 0.05) is 17.8 Å². The molecule has 2 N–H and O–H groups in total. The molecule has 1 atom stereocenters. The normalized spacial score (nSPS) is 12.4. The largest absolute Gasteiger partial charge is 0.496 e. The molecule has 4 nitrogen and oxygen atoms in total. The molecule has 2 rings (SSSR count). The van der Waals surface area contributed by atoms with Crippen molar-refractivity contribution in [1.82, 2.24) is 9.78 Å². The number of nitrogens with two attached hydrogens (primary N) is 1. The molecule has 0 radical (unpaired) electrons. The number of hydrogen-bond donors (Lipinski definition) is 1. The lowest BCUT2D eigenvalue weighted by Gasteiger charge is -2.07. The van der Waals surface area contributed by atoms with E-state index in [1.807, 2.05) is 35.3 Å². The summed E-state index contributed by atoms with van der Waals surface area (Å²) in [6, 6.07) is 6.09. The van der Waals surface area contributed by atoms with Crippen LogP contribution >= 0.6 is 15.9 Å². The van der Waals surface area contributed by atoms with Gasteiger partial charge in [-0.25, -0.2) is 0 Å². The zero-order chi connectivity index (χ0) is 13.8. The Morgan fingerprint density at radius 2 is 2.26 bits per heavy atom. The summed E-state index contributed by atoms with van der Waals surface area (Å²) in [4.78, 5) is 0. The van der Waals surface area contributed by atoms with Crippen LogP contribution in [0.5, 0.6) is 5.75 Å². The zero-order valence-corrected chi connectivity index (χ0v) is 12.7. The van der Waals surface area contributed by atoms with Crippen LogP contribution < -0.4 is 10.5 Å². The van der Waals surface area contributed by atoms with Gasteiger partial charge in [-0.05, 0) is 40.0 Å². The summed E-state index contributed by atoms with van der Waals surface area (Å²) in [6.07, 6.45) is 4.76. The van der Waals surface area contributed by atoms with E-state index >= 15 is 0 Å². The third kappa shape index (κ3) is 3.36. The minimum atomic E-state index is 0.0661. The summed E-state index contributed by atoms with van der Waals surface area (Å²) < 4.78 is 8.07. The molecule has 0 saturated carbocycles. The molecule has 0 saturated heterocycles. The maximum absolute atomic E-state index is 5.99. The lowest BCUT2D eigenvalue weighted by Crippen LogP contribution is -2.07. The van der Waals surface area contributed by atoms with E-state index in [0.717, 1.165) is 34.3 Å². The Bertz CT molecular complexity index is 553. The summed E-state index contributed by atoms with van der Waals surface area (Å²) in [5, 5.41) is 4.34. The van der Waals surface area contributed by atoms with Crippen molar-refractivity contribution in [1.29, 1.82) is 0 Å². The van der Waals surface area contributed by atoms with Gasteiger partial charge in [0.05, 0.1) is 24.3 Å². The first-order chi connectivity index (χ1) is 9.13. The Kier molecular flexibility index (Phi) is 4.61. The van der Waals surface area contributed by atoms with Crippen molar-refractivity contribution in [2.75, 3.05) is 7.11 Å². The Morgan fingerprint density at radius 3 is 2.89 bits per heavy atom. The molecule has 0 aliphatic carbocycles. The summed E-state index contributed by atoms with van der Waals surface area (Å²) in [6.45, 7) is 2.79. The maximum atomic E-state index is 5.99. The van der Waals surface area contributed by atoms with E-state index in [1.165, 1.54) is 0 Å². The topological polar surface area (TPSA) is 53.1 Å². The first-order valence-electron chi connectivity index (χ1n) is 6.24. The van der Waals surface area contributed by atoms with Gasteiger partial charge in [-0.1, -0.05) is 13.0 Å². The van der Waals surface area contributed by atoms with Gasteiger partial charge in [-0.15, -0.1) is 0 Å². The van der Waals surface area contributed by atoms with Crippen molar-refractivity contribution >= 4 is 15.9 Å². The van der Waals surface area contributed by atoms with Crippen LogP contribution in [0.1, 0.15) is 30.5 Å². The molecule has 0 aliphatic rings. The third-order valence-corrected chi connectivity index (χ3v) is 3.70. The fraction of sp³-hybridized carbons (Fsp3) is 0.357. The van der Waals surface area contributed by atoms with Gasteiger partial charge in [0.25, 0.3) is 0 Å². The molecule has 102 valence electrons. The van der Waals surface area contributed by atoms with Crippen molar-refractivity contribution in [3.05, 3.63) is 46.2 Å². The average molecular weight is 324 g/mol. The van der Waals surface area contributed by atoms with Gasteiger partial charge < -0.3 is 10.5 Å². The molecule has 0 bridgehead atoms. The molecule has 0 spiro atoms. The monoisotopic (exact) mass is 323 g/mol. The van der Waals surface area contributed by atoms with Gasteiger partial charge >= 0.3 is 0 Å². The number of nitrogens with zero attached hydrogens (tertiary/aromatic N) is 2. The van der Waals surface area contributed by atoms with Crippen LogP contribution in [0.3, 0.4) is 0 Å². The number of aromatic nitrogens is 2. The van der Waals surface area contributed by atoms with Crippen LogP contribution in [0.2, 0.25) is 0 Å². The van der Waals surface area contributed by atoms with Crippen LogP contribution in [0.4, 0.5) is 0 Å². The zero-order valence-electron chi connectivity index (χ0n) is 11.1. The van der Waals surface area contributed by atoms with Gasteiger partial charge in [0.2, 0.25) is 0 Å². The maximum Gasteiger partial charge on any atom is 0.133 e. The standard InChI is InChI=1S/C14H18BrN3O/c1-3-13(16)11-7-17-18(9-11)8-10-4-5-14(19-2)12(15)6-10/h4-7,9,13H,3,8,16H2,1-2H3. The minimum Gasteiger partial charge on any atom is -0.496 e. The molecule has 0 amide bonds. The molecule has 19 heavy (non-hydrogen) atoms. The van der Waals surface area contributed by atoms with E-state index in [2.05, 4.69) is 28.0 Å². The fourth-order valence-electron chi connectivity index (χ4n) is 1.89. The van der Waals surface area contributed by atoms with Gasteiger partial charge in [0.15, 0.2) is 0 Å². The first-order valence-corrected chi connectivity index (χ1v) is 7.03. The third-order valence-electron chi connectivity index (χ3n) is 3.08. The Balaban J connectivity index is 2.12. The molecular formula is C14H18BrN3O. The second kappa shape index (κ2) is 6.21. The highest BCUT2D eigenvalue weighted by Crippen LogP contribution is 2.25. The number of benzene rings is 1. The summed E-state index contributed by atoms with van der Waals surface area (Å²) >= 11 is 3.49. The van der Waals surface area contributed by atoms with Gasteiger partial charge in [-0.3, -0.25) is 4.68 Å². The van der Waals surface area contributed by atoms with E-state index < -0.39 is 0 Å².